The van der Waals surface area contributed by atoms with E-state index in [-0.39, 0.29) is 22.5 Å². The van der Waals surface area contributed by atoms with Crippen molar-refractivity contribution in [1.29, 1.82) is 0 Å². The molecule has 0 saturated carbocycles. The maximum atomic E-state index is 13.3. The van der Waals surface area contributed by atoms with Gasteiger partial charge < -0.3 is 18.3 Å². The second kappa shape index (κ2) is 8.64. The SMILES string of the molecule is COc1ccc(-c2oc3ccccc3c(=O)c2OC(=O)c2cc3ccccc3oc2=O)cc1Br. The van der Waals surface area contributed by atoms with Crippen molar-refractivity contribution in [3.8, 4) is 22.8 Å². The monoisotopic (exact) mass is 518 g/mol. The molecule has 0 spiro atoms. The maximum Gasteiger partial charge on any atom is 0.351 e. The number of hydrogen-bond donors (Lipinski definition) is 0. The van der Waals surface area contributed by atoms with Crippen LogP contribution in [0.2, 0.25) is 0 Å². The van der Waals surface area contributed by atoms with Crippen molar-refractivity contribution in [2.45, 2.75) is 0 Å². The number of para-hydroxylation sites is 2. The van der Waals surface area contributed by atoms with Crippen molar-refractivity contribution >= 4 is 43.8 Å². The summed E-state index contributed by atoms with van der Waals surface area (Å²) in [4.78, 5) is 38.8. The van der Waals surface area contributed by atoms with E-state index < -0.39 is 17.0 Å². The Balaban J connectivity index is 1.68. The zero-order chi connectivity index (χ0) is 23.8. The summed E-state index contributed by atoms with van der Waals surface area (Å²) in [7, 11) is 1.53. The van der Waals surface area contributed by atoms with E-state index in [9.17, 15) is 14.4 Å². The summed E-state index contributed by atoms with van der Waals surface area (Å²) in [6, 6.07) is 19.8. The number of ether oxygens (including phenoxy) is 2. The van der Waals surface area contributed by atoms with Crippen LogP contribution in [0, 0.1) is 0 Å². The fourth-order valence-electron chi connectivity index (χ4n) is 3.57. The minimum atomic E-state index is -1.03. The molecular formula is C26H15BrO7. The molecule has 0 unspecified atom stereocenters. The molecule has 0 aliphatic rings. The number of esters is 1. The van der Waals surface area contributed by atoms with Gasteiger partial charge in [-0.1, -0.05) is 30.3 Å². The lowest BCUT2D eigenvalue weighted by molar-refractivity contribution is 0.0727. The first-order valence-electron chi connectivity index (χ1n) is 10.1. The molecule has 2 heterocycles. The normalized spacial score (nSPS) is 11.0. The molecule has 3 aromatic carbocycles. The standard InChI is InChI=1S/C26H15BrO7/c1-31-21-11-10-15(13-18(21)27)23-24(22(28)16-7-3-5-9-20(16)32-23)34-26(30)17-12-14-6-2-4-8-19(14)33-25(17)29/h2-13H,1H3. The molecule has 0 aliphatic heterocycles. The molecule has 2 aromatic heterocycles. The molecular weight excluding hydrogens is 504 g/mol. The predicted molar refractivity (Wildman–Crippen MR) is 130 cm³/mol. The molecule has 0 N–H and O–H groups in total. The first kappa shape index (κ1) is 21.7. The molecule has 0 radical (unpaired) electrons. The zero-order valence-electron chi connectivity index (χ0n) is 17.7. The van der Waals surface area contributed by atoms with Crippen molar-refractivity contribution < 1.29 is 23.1 Å². The molecule has 0 fully saturated rings. The fourth-order valence-corrected chi connectivity index (χ4v) is 4.11. The van der Waals surface area contributed by atoms with Crippen LogP contribution in [0.1, 0.15) is 10.4 Å². The summed E-state index contributed by atoms with van der Waals surface area (Å²) in [5.74, 6) is -0.769. The number of methoxy groups -OCH3 is 1. The lowest BCUT2D eigenvalue weighted by Crippen LogP contribution is -2.22. The molecule has 0 amide bonds. The van der Waals surface area contributed by atoms with Crippen LogP contribution >= 0.6 is 15.9 Å². The molecule has 0 saturated heterocycles. The van der Waals surface area contributed by atoms with Crippen molar-refractivity contribution in [1.82, 2.24) is 0 Å². The summed E-state index contributed by atoms with van der Waals surface area (Å²) < 4.78 is 22.6. The van der Waals surface area contributed by atoms with Crippen LogP contribution in [0.3, 0.4) is 0 Å². The number of carbonyl (C=O) groups is 1. The third-order valence-corrected chi connectivity index (χ3v) is 5.85. The van der Waals surface area contributed by atoms with Gasteiger partial charge in [-0.3, -0.25) is 4.79 Å². The molecule has 5 aromatic rings. The Morgan fingerprint density at radius 3 is 2.38 bits per heavy atom. The fraction of sp³-hybridized carbons (Fsp3) is 0.0385. The Hall–Kier alpha value is -4.17. The second-order valence-electron chi connectivity index (χ2n) is 7.31. The van der Waals surface area contributed by atoms with E-state index in [2.05, 4.69) is 15.9 Å². The Bertz CT molecular complexity index is 1700. The number of fused-ring (bicyclic) bond motifs is 2. The van der Waals surface area contributed by atoms with Gasteiger partial charge in [-0.2, -0.15) is 0 Å². The smallest absolute Gasteiger partial charge is 0.351 e. The average molecular weight is 519 g/mol. The largest absolute Gasteiger partial charge is 0.496 e. The third-order valence-electron chi connectivity index (χ3n) is 5.23. The van der Waals surface area contributed by atoms with Crippen LogP contribution in [-0.4, -0.2) is 13.1 Å². The van der Waals surface area contributed by atoms with Gasteiger partial charge in [-0.25, -0.2) is 9.59 Å². The number of halogens is 1. The molecule has 8 heteroatoms. The highest BCUT2D eigenvalue weighted by molar-refractivity contribution is 9.10. The number of benzene rings is 3. The molecule has 0 bridgehead atoms. The lowest BCUT2D eigenvalue weighted by atomic mass is 10.1. The Morgan fingerprint density at radius 1 is 0.882 bits per heavy atom. The van der Waals surface area contributed by atoms with Crippen molar-refractivity contribution in [2.24, 2.45) is 0 Å². The van der Waals surface area contributed by atoms with E-state index in [1.165, 1.54) is 13.2 Å². The maximum absolute atomic E-state index is 13.3. The van der Waals surface area contributed by atoms with Crippen molar-refractivity contribution in [2.75, 3.05) is 7.11 Å². The van der Waals surface area contributed by atoms with E-state index in [4.69, 9.17) is 18.3 Å². The van der Waals surface area contributed by atoms with E-state index in [0.717, 1.165) is 0 Å². The highest BCUT2D eigenvalue weighted by atomic mass is 79.9. The van der Waals surface area contributed by atoms with Gasteiger partial charge in [0.05, 0.1) is 17.0 Å². The summed E-state index contributed by atoms with van der Waals surface area (Å²) in [5, 5.41) is 0.770. The minimum Gasteiger partial charge on any atom is -0.496 e. The summed E-state index contributed by atoms with van der Waals surface area (Å²) in [6.07, 6.45) is 0. The van der Waals surface area contributed by atoms with Crippen LogP contribution in [0.15, 0.2) is 95.7 Å². The van der Waals surface area contributed by atoms with Gasteiger partial charge in [0.15, 0.2) is 5.76 Å². The third kappa shape index (κ3) is 3.78. The van der Waals surface area contributed by atoms with Crippen molar-refractivity contribution in [3.63, 3.8) is 0 Å². The Morgan fingerprint density at radius 2 is 1.62 bits per heavy atom. The van der Waals surface area contributed by atoms with Crippen LogP contribution < -0.4 is 20.5 Å². The highest BCUT2D eigenvalue weighted by Gasteiger charge is 2.24. The molecule has 0 atom stereocenters. The Labute approximate surface area is 200 Å². The first-order valence-corrected chi connectivity index (χ1v) is 10.9. The van der Waals surface area contributed by atoms with E-state index in [1.54, 1.807) is 66.7 Å². The van der Waals surface area contributed by atoms with Crippen LogP contribution in [0.4, 0.5) is 0 Å². The summed E-state index contributed by atoms with van der Waals surface area (Å²) in [5.41, 5.74) is -0.653. The molecule has 34 heavy (non-hydrogen) atoms. The van der Waals surface area contributed by atoms with E-state index >= 15 is 0 Å². The highest BCUT2D eigenvalue weighted by Crippen LogP contribution is 2.35. The Kier molecular flexibility index (Phi) is 5.51. The van der Waals surface area contributed by atoms with Crippen LogP contribution in [0.25, 0.3) is 33.3 Å². The molecule has 5 rings (SSSR count). The van der Waals surface area contributed by atoms with Gasteiger partial charge in [0.1, 0.15) is 22.5 Å². The van der Waals surface area contributed by atoms with Gasteiger partial charge in [0.2, 0.25) is 11.2 Å². The van der Waals surface area contributed by atoms with Gasteiger partial charge in [-0.15, -0.1) is 0 Å². The summed E-state index contributed by atoms with van der Waals surface area (Å²) >= 11 is 3.41. The van der Waals surface area contributed by atoms with Gasteiger partial charge in [0.25, 0.3) is 0 Å². The van der Waals surface area contributed by atoms with E-state index in [1.807, 2.05) is 0 Å². The summed E-state index contributed by atoms with van der Waals surface area (Å²) in [6.45, 7) is 0. The average Bonchev–Trinajstić information content (AvgIpc) is 2.85. The minimum absolute atomic E-state index is 0.0329. The first-order chi connectivity index (χ1) is 16.5. The molecule has 7 nitrogen and oxygen atoms in total. The number of hydrogen-bond acceptors (Lipinski definition) is 7. The lowest BCUT2D eigenvalue weighted by Gasteiger charge is -2.12. The van der Waals surface area contributed by atoms with Crippen molar-refractivity contribution in [3.05, 3.63) is 103 Å². The van der Waals surface area contributed by atoms with Crippen LogP contribution in [0.5, 0.6) is 11.5 Å². The van der Waals surface area contributed by atoms with Gasteiger partial charge in [-0.05, 0) is 58.4 Å². The van der Waals surface area contributed by atoms with Crippen LogP contribution in [-0.2, 0) is 0 Å². The molecule has 168 valence electrons. The quantitative estimate of drug-likeness (QED) is 0.227. The zero-order valence-corrected chi connectivity index (χ0v) is 19.2. The molecule has 0 aliphatic carbocycles. The van der Waals surface area contributed by atoms with Gasteiger partial charge in [0, 0.05) is 10.9 Å². The second-order valence-corrected chi connectivity index (χ2v) is 8.16. The topological polar surface area (TPSA) is 96.0 Å². The number of rotatable bonds is 4. The van der Waals surface area contributed by atoms with E-state index in [0.29, 0.717) is 32.3 Å². The predicted octanol–water partition coefficient (Wildman–Crippen LogP) is 5.56. The number of carbonyl (C=O) groups excluding carboxylic acids is 1. The van der Waals surface area contributed by atoms with Gasteiger partial charge >= 0.3 is 11.6 Å².